The first-order chi connectivity index (χ1) is 16.7. The van der Waals surface area contributed by atoms with E-state index >= 15 is 0 Å². The van der Waals surface area contributed by atoms with Gasteiger partial charge < -0.3 is 4.84 Å². The quantitative estimate of drug-likeness (QED) is 0.194. The van der Waals surface area contributed by atoms with Gasteiger partial charge in [0.2, 0.25) is 11.8 Å². The zero-order valence-electron chi connectivity index (χ0n) is 18.3. The molecule has 1 unspecified atom stereocenters. The third kappa shape index (κ3) is 4.46. The summed E-state index contributed by atoms with van der Waals surface area (Å²) in [6, 6.07) is 5.44. The molecule has 13 heteroatoms. The van der Waals surface area contributed by atoms with Crippen LogP contribution in [0.15, 0.2) is 35.5 Å². The first-order valence-corrected chi connectivity index (χ1v) is 11.5. The van der Waals surface area contributed by atoms with E-state index in [0.717, 1.165) is 17.0 Å². The van der Waals surface area contributed by atoms with Crippen molar-refractivity contribution in [3.63, 3.8) is 0 Å². The molecule has 2 aliphatic rings. The van der Waals surface area contributed by atoms with Gasteiger partial charge in [0.05, 0.1) is 26.7 Å². The van der Waals surface area contributed by atoms with Crippen LogP contribution in [-0.2, 0) is 20.0 Å². The zero-order valence-corrected chi connectivity index (χ0v) is 20.5. The van der Waals surface area contributed by atoms with Crippen LogP contribution in [0, 0.1) is 11.7 Å². The minimum Gasteiger partial charge on any atom is -0.374 e. The predicted octanol–water partition coefficient (Wildman–Crippen LogP) is 5.95. The van der Waals surface area contributed by atoms with Crippen molar-refractivity contribution in [2.75, 3.05) is 7.05 Å². The molecular formula is C23H15Cl3F4N2O4. The van der Waals surface area contributed by atoms with Crippen LogP contribution in [0.4, 0.5) is 17.6 Å². The van der Waals surface area contributed by atoms with Crippen molar-refractivity contribution in [2.24, 2.45) is 11.1 Å². The summed E-state index contributed by atoms with van der Waals surface area (Å²) in [5.41, 5.74) is -3.47. The summed E-state index contributed by atoms with van der Waals surface area (Å²) in [6.07, 6.45) is -6.13. The summed E-state index contributed by atoms with van der Waals surface area (Å²) < 4.78 is 56.3. The number of imide groups is 1. The summed E-state index contributed by atoms with van der Waals surface area (Å²) in [7, 11) is 1.33. The van der Waals surface area contributed by atoms with Crippen molar-refractivity contribution in [3.05, 3.63) is 67.9 Å². The monoisotopic (exact) mass is 564 g/mol. The van der Waals surface area contributed by atoms with Gasteiger partial charge in [-0.3, -0.25) is 19.3 Å². The van der Waals surface area contributed by atoms with Crippen molar-refractivity contribution < 1.29 is 36.8 Å². The fraction of sp³-hybridized carbons (Fsp3) is 0.304. The highest BCUT2D eigenvalue weighted by atomic mass is 35.5. The zero-order chi connectivity index (χ0) is 26.6. The molecule has 2 aromatic rings. The molecule has 6 nitrogen and oxygen atoms in total. The van der Waals surface area contributed by atoms with Crippen molar-refractivity contribution in [2.45, 2.75) is 31.0 Å². The molecule has 2 aromatic carbocycles. The summed E-state index contributed by atoms with van der Waals surface area (Å²) in [6.45, 7) is 0. The van der Waals surface area contributed by atoms with Gasteiger partial charge >= 0.3 is 6.18 Å². The molecule has 0 spiro atoms. The normalized spacial score (nSPS) is 22.2. The standard InChI is InChI=1S/C23H15Cl3F4N2O4/c1-32-19(34)6-11(21(32)35)5-18(33)13-3-2-10(4-14(13)24)17-9-22(36-31-17,23(28,29)30)12-7-15(25)20(27)16(26)8-12/h2-4,7-8,11H,5-6,9H2,1H3/t11-,22?/m1/s1. The Kier molecular flexibility index (Phi) is 6.83. The summed E-state index contributed by atoms with van der Waals surface area (Å²) in [5, 5.41) is 2.29. The molecule has 1 fully saturated rings. The SMILES string of the molecule is CN1C(=O)C[C@@H](CC(=O)c2ccc(C3=NOC(c4cc(Cl)c(F)c(Cl)c4)(C(F)(F)F)C3)cc2Cl)C1=O. The Balaban J connectivity index is 1.59. The first-order valence-electron chi connectivity index (χ1n) is 10.4. The van der Waals surface area contributed by atoms with E-state index in [1.807, 2.05) is 0 Å². The number of hydrogen-bond donors (Lipinski definition) is 0. The second-order valence-corrected chi connectivity index (χ2v) is 9.62. The average Bonchev–Trinajstić information content (AvgIpc) is 3.36. The number of nitrogens with zero attached hydrogens (tertiary/aromatic N) is 2. The van der Waals surface area contributed by atoms with Gasteiger partial charge in [-0.25, -0.2) is 4.39 Å². The maximum atomic E-state index is 14.2. The number of carbonyl (C=O) groups excluding carboxylic acids is 3. The maximum absolute atomic E-state index is 14.2. The number of amides is 2. The van der Waals surface area contributed by atoms with Gasteiger partial charge in [0.25, 0.3) is 5.60 Å². The van der Waals surface area contributed by atoms with Crippen LogP contribution in [0.25, 0.3) is 0 Å². The Morgan fingerprint density at radius 1 is 1.14 bits per heavy atom. The molecule has 0 radical (unpaired) electrons. The molecule has 190 valence electrons. The molecule has 0 aliphatic carbocycles. The third-order valence-electron chi connectivity index (χ3n) is 6.15. The van der Waals surface area contributed by atoms with Crippen LogP contribution < -0.4 is 0 Å². The predicted molar refractivity (Wildman–Crippen MR) is 123 cm³/mol. The van der Waals surface area contributed by atoms with Gasteiger partial charge in [0, 0.05) is 43.0 Å². The first kappa shape index (κ1) is 26.4. The van der Waals surface area contributed by atoms with Crippen LogP contribution in [-0.4, -0.2) is 41.4 Å². The van der Waals surface area contributed by atoms with E-state index in [2.05, 4.69) is 5.16 Å². The minimum absolute atomic E-state index is 0.0360. The average molecular weight is 566 g/mol. The van der Waals surface area contributed by atoms with Crippen LogP contribution in [0.1, 0.15) is 40.7 Å². The lowest BCUT2D eigenvalue weighted by molar-refractivity contribution is -0.275. The molecule has 2 aliphatic heterocycles. The topological polar surface area (TPSA) is 76.0 Å². The van der Waals surface area contributed by atoms with Crippen LogP contribution in [0.2, 0.25) is 15.1 Å². The van der Waals surface area contributed by atoms with Gasteiger partial charge in [-0.15, -0.1) is 0 Å². The van der Waals surface area contributed by atoms with Gasteiger partial charge in [0.1, 0.15) is 0 Å². The largest absolute Gasteiger partial charge is 0.435 e. The highest BCUT2D eigenvalue weighted by Crippen LogP contribution is 2.50. The van der Waals surface area contributed by atoms with E-state index in [1.54, 1.807) is 0 Å². The molecule has 0 aromatic heterocycles. The van der Waals surface area contributed by atoms with E-state index in [-0.39, 0.29) is 34.7 Å². The molecule has 0 N–H and O–H groups in total. The molecule has 4 rings (SSSR count). The van der Waals surface area contributed by atoms with Crippen LogP contribution >= 0.6 is 34.8 Å². The molecular weight excluding hydrogens is 551 g/mol. The Hall–Kier alpha value is -2.69. The van der Waals surface area contributed by atoms with E-state index in [9.17, 15) is 31.9 Å². The second kappa shape index (κ2) is 9.32. The number of rotatable bonds is 5. The lowest BCUT2D eigenvalue weighted by atomic mass is 9.86. The van der Waals surface area contributed by atoms with E-state index < -0.39 is 63.1 Å². The summed E-state index contributed by atoms with van der Waals surface area (Å²) in [5.74, 6) is -3.24. The van der Waals surface area contributed by atoms with Gasteiger partial charge in [-0.2, -0.15) is 13.2 Å². The molecule has 2 atom stereocenters. The molecule has 2 heterocycles. The van der Waals surface area contributed by atoms with E-state index in [0.29, 0.717) is 0 Å². The number of hydrogen-bond acceptors (Lipinski definition) is 5. The number of benzene rings is 2. The Morgan fingerprint density at radius 2 is 1.78 bits per heavy atom. The Morgan fingerprint density at radius 3 is 2.31 bits per heavy atom. The molecule has 0 bridgehead atoms. The molecule has 1 saturated heterocycles. The number of carbonyl (C=O) groups is 3. The number of alkyl halides is 3. The summed E-state index contributed by atoms with van der Waals surface area (Å²) in [4.78, 5) is 42.3. The van der Waals surface area contributed by atoms with E-state index in [1.165, 1.54) is 25.2 Å². The maximum Gasteiger partial charge on any atom is 0.435 e. The van der Waals surface area contributed by atoms with Crippen molar-refractivity contribution in [1.29, 1.82) is 0 Å². The number of oxime groups is 1. The van der Waals surface area contributed by atoms with Crippen LogP contribution in [0.5, 0.6) is 0 Å². The minimum atomic E-state index is -4.99. The molecule has 2 amide bonds. The fourth-order valence-corrected chi connectivity index (χ4v) is 4.87. The van der Waals surface area contributed by atoms with Crippen molar-refractivity contribution >= 4 is 58.1 Å². The number of likely N-dealkylation sites (tertiary alicyclic amines) is 1. The van der Waals surface area contributed by atoms with Gasteiger partial charge in [0.15, 0.2) is 11.6 Å². The van der Waals surface area contributed by atoms with Gasteiger partial charge in [-0.05, 0) is 24.3 Å². The molecule has 36 heavy (non-hydrogen) atoms. The number of halogens is 7. The highest BCUT2D eigenvalue weighted by molar-refractivity contribution is 6.35. The Labute approximate surface area is 216 Å². The smallest absolute Gasteiger partial charge is 0.374 e. The van der Waals surface area contributed by atoms with E-state index in [4.69, 9.17) is 39.6 Å². The number of Topliss-reactive ketones (excluding diaryl/α,β-unsaturated/α-hetero) is 1. The lowest BCUT2D eigenvalue weighted by Gasteiger charge is -2.29. The lowest BCUT2D eigenvalue weighted by Crippen LogP contribution is -2.42. The van der Waals surface area contributed by atoms with Crippen molar-refractivity contribution in [3.8, 4) is 0 Å². The molecule has 0 saturated carbocycles. The van der Waals surface area contributed by atoms with Gasteiger partial charge in [-0.1, -0.05) is 46.0 Å². The third-order valence-corrected chi connectivity index (χ3v) is 7.01. The van der Waals surface area contributed by atoms with Crippen LogP contribution in [0.3, 0.4) is 0 Å². The second-order valence-electron chi connectivity index (χ2n) is 8.40. The Bertz CT molecular complexity index is 1310. The van der Waals surface area contributed by atoms with Crippen molar-refractivity contribution in [1.82, 2.24) is 4.90 Å². The number of ketones is 1. The summed E-state index contributed by atoms with van der Waals surface area (Å²) >= 11 is 17.7. The fourth-order valence-electron chi connectivity index (χ4n) is 4.09. The highest BCUT2D eigenvalue weighted by Gasteiger charge is 2.62.